The van der Waals surface area contributed by atoms with E-state index in [0.717, 1.165) is 44.6 Å². The highest BCUT2D eigenvalue weighted by Crippen LogP contribution is 2.40. The van der Waals surface area contributed by atoms with Crippen molar-refractivity contribution in [2.45, 2.75) is 51.0 Å². The largest absolute Gasteiger partial charge is 0.258 e. The predicted octanol–water partition coefficient (Wildman–Crippen LogP) is 6.79. The first-order valence-corrected chi connectivity index (χ1v) is 11.8. The summed E-state index contributed by atoms with van der Waals surface area (Å²) in [5.41, 5.74) is 8.74. The van der Waals surface area contributed by atoms with E-state index in [1.807, 2.05) is 30.3 Å². The van der Waals surface area contributed by atoms with Gasteiger partial charge in [-0.2, -0.15) is 5.10 Å². The zero-order chi connectivity index (χ0) is 21.4. The Labute approximate surface area is 186 Å². The second kappa shape index (κ2) is 8.36. The summed E-state index contributed by atoms with van der Waals surface area (Å²) in [5, 5.41) is 6.17. The Balaban J connectivity index is 1.78. The minimum atomic E-state index is 0.486. The van der Waals surface area contributed by atoms with Gasteiger partial charge in [-0.1, -0.05) is 55.0 Å². The van der Waals surface area contributed by atoms with Crippen LogP contribution in [0.15, 0.2) is 46.8 Å². The molecule has 0 spiro atoms. The molecule has 0 N–H and O–H groups in total. The molecular formula is C24H26N4S2. The van der Waals surface area contributed by atoms with Gasteiger partial charge >= 0.3 is 0 Å². The summed E-state index contributed by atoms with van der Waals surface area (Å²) in [6.45, 7) is 12.6. The average Bonchev–Trinajstić information content (AvgIpc) is 3.25. The Morgan fingerprint density at radius 2 is 1.57 bits per heavy atom. The second-order valence-electron chi connectivity index (χ2n) is 7.88. The quantitative estimate of drug-likeness (QED) is 0.324. The van der Waals surface area contributed by atoms with Crippen molar-refractivity contribution in [3.8, 4) is 27.5 Å². The van der Waals surface area contributed by atoms with Crippen LogP contribution >= 0.6 is 23.1 Å². The number of hydrogen-bond acceptors (Lipinski definition) is 5. The molecule has 30 heavy (non-hydrogen) atoms. The lowest BCUT2D eigenvalue weighted by molar-refractivity contribution is 0.853. The minimum Gasteiger partial charge on any atom is -0.258 e. The number of pyridine rings is 1. The molecule has 0 aliphatic carbocycles. The lowest BCUT2D eigenvalue weighted by Gasteiger charge is -2.04. The minimum absolute atomic E-state index is 0.486. The highest BCUT2D eigenvalue weighted by Gasteiger charge is 2.18. The van der Waals surface area contributed by atoms with Gasteiger partial charge in [-0.05, 0) is 45.4 Å². The summed E-state index contributed by atoms with van der Waals surface area (Å²) in [6, 6.07) is 12.8. The number of hydrogen-bond donors (Lipinski definition) is 0. The molecule has 4 aromatic rings. The number of benzene rings is 1. The van der Waals surface area contributed by atoms with Gasteiger partial charge in [0.15, 0.2) is 0 Å². The molecular weight excluding hydrogens is 408 g/mol. The first kappa shape index (κ1) is 20.8. The summed E-state index contributed by atoms with van der Waals surface area (Å²) >= 11 is 3.56. The topological polar surface area (TPSA) is 43.6 Å². The number of nitrogens with zero attached hydrogens (tertiary/aromatic N) is 4. The van der Waals surface area contributed by atoms with Crippen molar-refractivity contribution < 1.29 is 0 Å². The Kier molecular flexibility index (Phi) is 5.80. The van der Waals surface area contributed by atoms with Gasteiger partial charge in [-0.15, -0.1) is 11.8 Å². The van der Waals surface area contributed by atoms with Crippen molar-refractivity contribution in [3.05, 3.63) is 65.2 Å². The molecule has 154 valence electrons. The smallest absolute Gasteiger partial charge is 0.211 e. The zero-order valence-corrected chi connectivity index (χ0v) is 19.9. The molecule has 3 heterocycles. The molecule has 4 rings (SSSR count). The maximum Gasteiger partial charge on any atom is 0.211 e. The molecule has 1 aromatic carbocycles. The first-order chi connectivity index (χ1) is 14.3. The van der Waals surface area contributed by atoms with E-state index in [2.05, 4.69) is 75.3 Å². The van der Waals surface area contributed by atoms with Crippen molar-refractivity contribution in [2.24, 2.45) is 0 Å². The van der Waals surface area contributed by atoms with E-state index in [1.54, 1.807) is 11.3 Å². The molecule has 0 aliphatic heterocycles. The highest BCUT2D eigenvalue weighted by atomic mass is 32.2. The predicted molar refractivity (Wildman–Crippen MR) is 128 cm³/mol. The van der Waals surface area contributed by atoms with Crippen molar-refractivity contribution in [2.75, 3.05) is 0 Å². The summed E-state index contributed by atoms with van der Waals surface area (Å²) in [6.07, 6.45) is 2.09. The van der Waals surface area contributed by atoms with Gasteiger partial charge in [-0.25, -0.2) is 9.67 Å². The maximum absolute atomic E-state index is 5.00. The van der Waals surface area contributed by atoms with E-state index in [0.29, 0.717) is 5.25 Å². The van der Waals surface area contributed by atoms with Crippen LogP contribution in [0.4, 0.5) is 0 Å². The number of rotatable bonds is 5. The van der Waals surface area contributed by atoms with Gasteiger partial charge in [0.25, 0.3) is 0 Å². The Morgan fingerprint density at radius 1 is 0.900 bits per heavy atom. The molecule has 0 aliphatic rings. The van der Waals surface area contributed by atoms with E-state index < -0.39 is 0 Å². The van der Waals surface area contributed by atoms with Gasteiger partial charge < -0.3 is 0 Å². The molecule has 0 radical (unpaired) electrons. The molecule has 4 nitrogen and oxygen atoms in total. The van der Waals surface area contributed by atoms with Crippen LogP contribution in [-0.4, -0.2) is 25.0 Å². The molecule has 6 heteroatoms. The van der Waals surface area contributed by atoms with E-state index in [4.69, 9.17) is 10.1 Å². The Bertz CT molecular complexity index is 1170. The number of aryl methyl sites for hydroxylation is 4. The third-order valence-corrected chi connectivity index (χ3v) is 7.00. The normalized spacial score (nSPS) is 11.4. The second-order valence-corrected chi connectivity index (χ2v) is 10.7. The van der Waals surface area contributed by atoms with E-state index in [1.165, 1.54) is 9.77 Å². The molecule has 3 aromatic heterocycles. The monoisotopic (exact) mass is 434 g/mol. The van der Waals surface area contributed by atoms with Crippen molar-refractivity contribution >= 4 is 23.1 Å². The summed E-state index contributed by atoms with van der Waals surface area (Å²) in [4.78, 5) is 9.50. The summed E-state index contributed by atoms with van der Waals surface area (Å²) in [7, 11) is 0. The third kappa shape index (κ3) is 4.35. The molecule has 0 bridgehead atoms. The number of aromatic nitrogens is 4. The highest BCUT2D eigenvalue weighted by molar-refractivity contribution is 8.01. The Hall–Kier alpha value is -2.44. The van der Waals surface area contributed by atoms with Gasteiger partial charge in [0.1, 0.15) is 0 Å². The maximum atomic E-state index is 5.00. The van der Waals surface area contributed by atoms with Crippen molar-refractivity contribution in [1.82, 2.24) is 19.7 Å². The van der Waals surface area contributed by atoms with Crippen LogP contribution in [0.2, 0.25) is 0 Å². The van der Waals surface area contributed by atoms with E-state index >= 15 is 0 Å². The summed E-state index contributed by atoms with van der Waals surface area (Å²) in [5.74, 6) is 0. The first-order valence-electron chi connectivity index (χ1n) is 10.1. The van der Waals surface area contributed by atoms with Gasteiger partial charge in [0, 0.05) is 34.0 Å². The SMILES string of the molecule is Cc1ccc(-c2nc(-n3cc(-c4cc(C)nc(C)c4)c(C)n3)sc2SC(C)C)cc1. The zero-order valence-electron chi connectivity index (χ0n) is 18.2. The average molecular weight is 435 g/mol. The lowest BCUT2D eigenvalue weighted by atomic mass is 10.1. The fraction of sp³-hybridized carbons (Fsp3) is 0.292. The van der Waals surface area contributed by atoms with Gasteiger partial charge in [0.05, 0.1) is 15.6 Å². The lowest BCUT2D eigenvalue weighted by Crippen LogP contribution is -1.94. The van der Waals surface area contributed by atoms with E-state index in [-0.39, 0.29) is 0 Å². The van der Waals surface area contributed by atoms with Crippen LogP contribution in [0.5, 0.6) is 0 Å². The van der Waals surface area contributed by atoms with Crippen LogP contribution in [0.25, 0.3) is 27.5 Å². The van der Waals surface area contributed by atoms with Gasteiger partial charge in [0.2, 0.25) is 5.13 Å². The molecule has 0 unspecified atom stereocenters. The molecule has 0 atom stereocenters. The van der Waals surface area contributed by atoms with Crippen LogP contribution in [0, 0.1) is 27.7 Å². The molecule has 0 amide bonds. The fourth-order valence-electron chi connectivity index (χ4n) is 3.41. The van der Waals surface area contributed by atoms with Crippen LogP contribution in [-0.2, 0) is 0 Å². The van der Waals surface area contributed by atoms with Crippen LogP contribution < -0.4 is 0 Å². The van der Waals surface area contributed by atoms with Crippen molar-refractivity contribution in [1.29, 1.82) is 0 Å². The van der Waals surface area contributed by atoms with E-state index in [9.17, 15) is 0 Å². The van der Waals surface area contributed by atoms with Crippen molar-refractivity contribution in [3.63, 3.8) is 0 Å². The van der Waals surface area contributed by atoms with Crippen LogP contribution in [0.1, 0.15) is 36.5 Å². The molecule has 0 saturated carbocycles. The number of thioether (sulfide) groups is 1. The fourth-order valence-corrected chi connectivity index (χ4v) is 5.86. The standard InChI is InChI=1S/C24H26N4S2/c1-14(2)29-23-22(19-9-7-15(3)8-10-19)26-24(30-23)28-13-21(18(6)27-28)20-11-16(4)25-17(5)12-20/h7-14H,1-6H3. The van der Waals surface area contributed by atoms with Crippen LogP contribution in [0.3, 0.4) is 0 Å². The third-order valence-electron chi connectivity index (χ3n) is 4.74. The molecule has 0 saturated heterocycles. The molecule has 0 fully saturated rings. The Morgan fingerprint density at radius 3 is 2.20 bits per heavy atom. The summed E-state index contributed by atoms with van der Waals surface area (Å²) < 4.78 is 3.15. The van der Waals surface area contributed by atoms with Gasteiger partial charge in [-0.3, -0.25) is 4.98 Å². The number of thiazole rings is 1.